The van der Waals surface area contributed by atoms with Gasteiger partial charge in [0.2, 0.25) is 5.90 Å². The Balaban J connectivity index is 1.51. The first-order valence-electron chi connectivity index (χ1n) is 14.1. The van der Waals surface area contributed by atoms with Gasteiger partial charge in [-0.3, -0.25) is 4.98 Å². The summed E-state index contributed by atoms with van der Waals surface area (Å²) in [4.78, 5) is 9.79. The quantitative estimate of drug-likeness (QED) is 0.227. The number of rotatable bonds is 6. The fourth-order valence-electron chi connectivity index (χ4n) is 6.52. The molecule has 0 spiro atoms. The topological polar surface area (TPSA) is 39.4 Å². The Hall–Kier alpha value is -3.92. The van der Waals surface area contributed by atoms with E-state index < -0.39 is 0 Å². The predicted octanol–water partition coefficient (Wildman–Crippen LogP) is 8.54. The van der Waals surface area contributed by atoms with E-state index in [4.69, 9.17) is 9.73 Å². The summed E-state index contributed by atoms with van der Waals surface area (Å²) in [7, 11) is 0. The highest BCUT2D eigenvalue weighted by molar-refractivity contribution is 6.10. The molecule has 198 valence electrons. The lowest BCUT2D eigenvalue weighted by atomic mass is 9.80. The first-order chi connectivity index (χ1) is 18.8. The van der Waals surface area contributed by atoms with Crippen molar-refractivity contribution in [3.63, 3.8) is 0 Å². The summed E-state index contributed by atoms with van der Waals surface area (Å²) in [5, 5.41) is 2.47. The molecular formula is C35H37N3O. The van der Waals surface area contributed by atoms with Crippen LogP contribution in [-0.2, 0) is 4.74 Å². The minimum absolute atomic E-state index is 0.196. The highest BCUT2D eigenvalue weighted by Crippen LogP contribution is 2.36. The molecule has 0 unspecified atom stereocenters. The van der Waals surface area contributed by atoms with Crippen LogP contribution in [0.1, 0.15) is 44.4 Å². The van der Waals surface area contributed by atoms with Crippen molar-refractivity contribution >= 4 is 27.7 Å². The Morgan fingerprint density at radius 3 is 2.31 bits per heavy atom. The molecule has 4 heteroatoms. The Kier molecular flexibility index (Phi) is 6.50. The highest BCUT2D eigenvalue weighted by atomic mass is 16.5. The maximum atomic E-state index is 6.26. The van der Waals surface area contributed by atoms with E-state index in [0.29, 0.717) is 24.4 Å². The number of pyridine rings is 1. The van der Waals surface area contributed by atoms with E-state index in [0.717, 1.165) is 28.4 Å². The largest absolute Gasteiger partial charge is 0.475 e. The van der Waals surface area contributed by atoms with Gasteiger partial charge < -0.3 is 9.30 Å². The van der Waals surface area contributed by atoms with Crippen molar-refractivity contribution in [3.8, 4) is 16.9 Å². The molecule has 4 nitrogen and oxygen atoms in total. The van der Waals surface area contributed by atoms with E-state index in [1.54, 1.807) is 0 Å². The van der Waals surface area contributed by atoms with Crippen molar-refractivity contribution in [1.82, 2.24) is 9.55 Å². The van der Waals surface area contributed by atoms with Gasteiger partial charge in [-0.05, 0) is 85.2 Å². The van der Waals surface area contributed by atoms with E-state index in [-0.39, 0.29) is 6.04 Å². The van der Waals surface area contributed by atoms with E-state index >= 15 is 0 Å². The summed E-state index contributed by atoms with van der Waals surface area (Å²) in [6, 6.07) is 26.4. The molecule has 0 fully saturated rings. The van der Waals surface area contributed by atoms with Gasteiger partial charge >= 0.3 is 0 Å². The molecule has 6 rings (SSSR count). The molecule has 2 aromatic heterocycles. The number of fused-ring (bicyclic) bond motifs is 3. The zero-order chi connectivity index (χ0) is 27.3. The monoisotopic (exact) mass is 515 g/mol. The summed E-state index contributed by atoms with van der Waals surface area (Å²) in [5.41, 5.74) is 9.00. The van der Waals surface area contributed by atoms with Gasteiger partial charge in [0.25, 0.3) is 0 Å². The van der Waals surface area contributed by atoms with Crippen LogP contribution in [0.2, 0.25) is 0 Å². The van der Waals surface area contributed by atoms with Gasteiger partial charge in [0, 0.05) is 33.8 Å². The summed E-state index contributed by atoms with van der Waals surface area (Å²) >= 11 is 0. The fourth-order valence-corrected chi connectivity index (χ4v) is 6.52. The number of aliphatic imine (C=N–C) groups is 1. The van der Waals surface area contributed by atoms with Crippen molar-refractivity contribution in [2.75, 3.05) is 6.61 Å². The molecule has 0 saturated heterocycles. The maximum absolute atomic E-state index is 6.26. The van der Waals surface area contributed by atoms with Crippen LogP contribution in [0.25, 0.3) is 38.8 Å². The third kappa shape index (κ3) is 4.63. The number of para-hydroxylation sites is 1. The zero-order valence-electron chi connectivity index (χ0n) is 23.8. The number of hydrogen-bond acceptors (Lipinski definition) is 3. The summed E-state index contributed by atoms with van der Waals surface area (Å²) in [6.07, 6.45) is 1.88. The Morgan fingerprint density at radius 1 is 0.769 bits per heavy atom. The van der Waals surface area contributed by atoms with Crippen LogP contribution in [0.4, 0.5) is 0 Å². The Labute approximate surface area is 231 Å². The second kappa shape index (κ2) is 10.00. The van der Waals surface area contributed by atoms with Crippen LogP contribution < -0.4 is 0 Å². The number of aryl methyl sites for hydroxylation is 2. The molecule has 0 radical (unpaired) electrons. The number of benzene rings is 3. The molecule has 1 aliphatic heterocycles. The van der Waals surface area contributed by atoms with Crippen LogP contribution in [0, 0.1) is 31.6 Å². The second-order valence-corrected chi connectivity index (χ2v) is 11.7. The lowest BCUT2D eigenvalue weighted by Gasteiger charge is -2.27. The number of ether oxygens (including phenoxy) is 1. The van der Waals surface area contributed by atoms with Crippen LogP contribution >= 0.6 is 0 Å². The molecule has 0 aliphatic carbocycles. The van der Waals surface area contributed by atoms with E-state index in [2.05, 4.69) is 118 Å². The first kappa shape index (κ1) is 25.4. The molecule has 1 atom stereocenters. The number of aromatic nitrogens is 2. The van der Waals surface area contributed by atoms with E-state index in [1.165, 1.54) is 32.9 Å². The molecule has 0 bridgehead atoms. The first-order valence-corrected chi connectivity index (χ1v) is 14.1. The third-order valence-corrected chi connectivity index (χ3v) is 8.11. The minimum atomic E-state index is 0.196. The van der Waals surface area contributed by atoms with E-state index in [9.17, 15) is 0 Å². The highest BCUT2D eigenvalue weighted by Gasteiger charge is 2.32. The second-order valence-electron chi connectivity index (χ2n) is 11.7. The normalized spacial score (nSPS) is 15.6. The van der Waals surface area contributed by atoms with Crippen LogP contribution in [0.3, 0.4) is 0 Å². The number of hydrogen-bond donors (Lipinski definition) is 0. The summed E-state index contributed by atoms with van der Waals surface area (Å²) in [6.45, 7) is 14.1. The molecule has 0 saturated carbocycles. The SMILES string of the molecule is Cc1cc(C2=N[C@H](C(C(C)C)C(C)C)CO2)cc(-n2c3ccccc3c3ccc(-c4cc(C)ccn4)cc32)c1. The molecule has 1 aliphatic rings. The summed E-state index contributed by atoms with van der Waals surface area (Å²) < 4.78 is 8.63. The van der Waals surface area contributed by atoms with Crippen LogP contribution in [0.15, 0.2) is 84.0 Å². The summed E-state index contributed by atoms with van der Waals surface area (Å²) in [5.74, 6) is 2.38. The minimum Gasteiger partial charge on any atom is -0.475 e. The van der Waals surface area contributed by atoms with Gasteiger partial charge in [0.1, 0.15) is 6.61 Å². The van der Waals surface area contributed by atoms with Gasteiger partial charge in [-0.15, -0.1) is 0 Å². The molecule has 3 aromatic carbocycles. The molecule has 39 heavy (non-hydrogen) atoms. The molecule has 0 amide bonds. The van der Waals surface area contributed by atoms with Crippen molar-refractivity contribution in [2.24, 2.45) is 22.7 Å². The standard InChI is InChI=1S/C35H37N3O/c1-21(2)34(22(3)4)31-20-39-35(37-31)26-15-24(6)16-27(18-26)38-32-10-8-7-9-28(32)29-12-11-25(19-33(29)38)30-17-23(5)13-14-36-30/h7-19,21-22,31,34H,20H2,1-6H3/t31-/m0/s1. The van der Waals surface area contributed by atoms with Crippen LogP contribution in [-0.4, -0.2) is 28.1 Å². The van der Waals surface area contributed by atoms with Crippen molar-refractivity contribution < 1.29 is 4.74 Å². The Bertz CT molecular complexity index is 1700. The number of nitrogens with zero attached hydrogens (tertiary/aromatic N) is 3. The van der Waals surface area contributed by atoms with Gasteiger partial charge in [-0.2, -0.15) is 0 Å². The molecule has 3 heterocycles. The van der Waals surface area contributed by atoms with Crippen molar-refractivity contribution in [2.45, 2.75) is 47.6 Å². The third-order valence-electron chi connectivity index (χ3n) is 8.11. The average molecular weight is 516 g/mol. The van der Waals surface area contributed by atoms with Crippen molar-refractivity contribution in [3.05, 3.63) is 95.7 Å². The van der Waals surface area contributed by atoms with Gasteiger partial charge in [0.05, 0.1) is 22.8 Å². The maximum Gasteiger partial charge on any atom is 0.216 e. The smallest absolute Gasteiger partial charge is 0.216 e. The lowest BCUT2D eigenvalue weighted by Crippen LogP contribution is -2.29. The zero-order valence-corrected chi connectivity index (χ0v) is 23.8. The predicted molar refractivity (Wildman–Crippen MR) is 163 cm³/mol. The van der Waals surface area contributed by atoms with Crippen LogP contribution in [0.5, 0.6) is 0 Å². The lowest BCUT2D eigenvalue weighted by molar-refractivity contribution is 0.198. The molecule has 5 aromatic rings. The fraction of sp³-hybridized carbons (Fsp3) is 0.314. The van der Waals surface area contributed by atoms with Crippen molar-refractivity contribution in [1.29, 1.82) is 0 Å². The van der Waals surface area contributed by atoms with Gasteiger partial charge in [-0.1, -0.05) is 58.0 Å². The van der Waals surface area contributed by atoms with E-state index in [1.807, 2.05) is 12.3 Å². The molecular weight excluding hydrogens is 478 g/mol. The average Bonchev–Trinajstić information content (AvgIpc) is 3.50. The Morgan fingerprint density at radius 2 is 1.54 bits per heavy atom. The van der Waals surface area contributed by atoms with Gasteiger partial charge in [-0.25, -0.2) is 4.99 Å². The van der Waals surface area contributed by atoms with Gasteiger partial charge in [0.15, 0.2) is 0 Å². The molecule has 0 N–H and O–H groups in total.